The number of carbonyl (C=O) groups is 2. The van der Waals surface area contributed by atoms with Gasteiger partial charge >= 0.3 is 11.8 Å². The minimum Gasteiger partial charge on any atom is -0.495 e. The number of hydrogen-bond donors (Lipinski definition) is 2. The van der Waals surface area contributed by atoms with Crippen LogP contribution < -0.4 is 20.1 Å². The van der Waals surface area contributed by atoms with Gasteiger partial charge in [0.15, 0.2) is 0 Å². The maximum absolute atomic E-state index is 12.4. The zero-order chi connectivity index (χ0) is 20.0. The van der Waals surface area contributed by atoms with E-state index in [0.29, 0.717) is 22.2 Å². The Balaban J connectivity index is 2.19. The summed E-state index contributed by atoms with van der Waals surface area (Å²) in [7, 11) is 2.90. The van der Waals surface area contributed by atoms with Gasteiger partial charge in [-0.25, -0.2) is 0 Å². The van der Waals surface area contributed by atoms with Crippen molar-refractivity contribution in [3.63, 3.8) is 0 Å². The van der Waals surface area contributed by atoms with Crippen molar-refractivity contribution in [2.24, 2.45) is 0 Å². The fourth-order valence-corrected chi connectivity index (χ4v) is 2.81. The molecule has 2 rings (SSSR count). The monoisotopic (exact) mass is 390 g/mol. The van der Waals surface area contributed by atoms with Crippen LogP contribution in [0.1, 0.15) is 31.7 Å². The predicted molar refractivity (Wildman–Crippen MR) is 107 cm³/mol. The second-order valence-electron chi connectivity index (χ2n) is 5.99. The average Bonchev–Trinajstić information content (AvgIpc) is 2.68. The highest BCUT2D eigenvalue weighted by Gasteiger charge is 2.19. The van der Waals surface area contributed by atoms with Crippen LogP contribution in [0.4, 0.5) is 11.4 Å². The van der Waals surface area contributed by atoms with E-state index in [1.807, 2.05) is 18.2 Å². The topological polar surface area (TPSA) is 76.7 Å². The molecule has 2 N–H and O–H groups in total. The van der Waals surface area contributed by atoms with Crippen molar-refractivity contribution >= 4 is 34.8 Å². The van der Waals surface area contributed by atoms with Crippen LogP contribution in [0.3, 0.4) is 0 Å². The SMILES string of the molecule is CCC(C)c1ccccc1NC(=O)C(=O)Nc1cc(OC)c(Cl)cc1OC. The number of rotatable bonds is 6. The van der Waals surface area contributed by atoms with E-state index in [4.69, 9.17) is 21.1 Å². The van der Waals surface area contributed by atoms with Gasteiger partial charge in [0, 0.05) is 17.8 Å². The Morgan fingerprint density at radius 3 is 2.19 bits per heavy atom. The van der Waals surface area contributed by atoms with Crippen LogP contribution in [-0.2, 0) is 9.59 Å². The third-order valence-electron chi connectivity index (χ3n) is 4.28. The molecule has 27 heavy (non-hydrogen) atoms. The number of halogens is 1. The molecule has 1 atom stereocenters. The number of benzene rings is 2. The second kappa shape index (κ2) is 9.28. The van der Waals surface area contributed by atoms with Crippen LogP contribution in [0, 0.1) is 0 Å². The number of amides is 2. The molecule has 0 aromatic heterocycles. The Morgan fingerprint density at radius 2 is 1.59 bits per heavy atom. The number of ether oxygens (including phenoxy) is 2. The Hall–Kier alpha value is -2.73. The van der Waals surface area contributed by atoms with E-state index in [2.05, 4.69) is 24.5 Å². The molecule has 2 aromatic rings. The van der Waals surface area contributed by atoms with Gasteiger partial charge in [-0.05, 0) is 24.0 Å². The summed E-state index contributed by atoms with van der Waals surface area (Å²) < 4.78 is 10.3. The minimum absolute atomic E-state index is 0.255. The van der Waals surface area contributed by atoms with Crippen molar-refractivity contribution < 1.29 is 19.1 Å². The van der Waals surface area contributed by atoms with Crippen LogP contribution in [0.2, 0.25) is 5.02 Å². The third-order valence-corrected chi connectivity index (χ3v) is 4.58. The molecular weight excluding hydrogens is 368 g/mol. The Bertz CT molecular complexity index is 839. The van der Waals surface area contributed by atoms with Crippen LogP contribution >= 0.6 is 11.6 Å². The summed E-state index contributed by atoms with van der Waals surface area (Å²) in [5.41, 5.74) is 1.88. The van der Waals surface area contributed by atoms with Gasteiger partial charge in [-0.15, -0.1) is 0 Å². The van der Waals surface area contributed by atoms with E-state index in [1.54, 1.807) is 6.07 Å². The van der Waals surface area contributed by atoms with E-state index in [-0.39, 0.29) is 11.6 Å². The van der Waals surface area contributed by atoms with Gasteiger partial charge in [-0.2, -0.15) is 0 Å². The molecular formula is C20H23ClN2O4. The summed E-state index contributed by atoms with van der Waals surface area (Å²) in [5, 5.41) is 5.54. The molecule has 0 radical (unpaired) electrons. The Labute approximate surface area is 163 Å². The van der Waals surface area contributed by atoms with Crippen LogP contribution in [0.25, 0.3) is 0 Å². The number of methoxy groups -OCH3 is 2. The summed E-state index contributed by atoms with van der Waals surface area (Å²) in [4.78, 5) is 24.7. The number of anilines is 2. The number of hydrogen-bond acceptors (Lipinski definition) is 4. The lowest BCUT2D eigenvalue weighted by Gasteiger charge is -2.16. The van der Waals surface area contributed by atoms with Gasteiger partial charge in [0.2, 0.25) is 0 Å². The van der Waals surface area contributed by atoms with Gasteiger partial charge in [0.25, 0.3) is 0 Å². The second-order valence-corrected chi connectivity index (χ2v) is 6.40. The molecule has 0 aliphatic heterocycles. The summed E-state index contributed by atoms with van der Waals surface area (Å²) >= 11 is 6.05. The molecule has 0 saturated carbocycles. The van der Waals surface area contributed by atoms with E-state index < -0.39 is 11.8 Å². The molecule has 6 nitrogen and oxygen atoms in total. The van der Waals surface area contributed by atoms with E-state index in [1.165, 1.54) is 26.4 Å². The minimum atomic E-state index is -0.823. The smallest absolute Gasteiger partial charge is 0.314 e. The first-order chi connectivity index (χ1) is 12.9. The van der Waals surface area contributed by atoms with Gasteiger partial charge in [-0.1, -0.05) is 43.6 Å². The van der Waals surface area contributed by atoms with E-state index in [9.17, 15) is 9.59 Å². The van der Waals surface area contributed by atoms with Crippen molar-refractivity contribution in [1.29, 1.82) is 0 Å². The van der Waals surface area contributed by atoms with Crippen molar-refractivity contribution in [3.8, 4) is 11.5 Å². The Kier molecular flexibility index (Phi) is 7.07. The molecule has 0 heterocycles. The van der Waals surface area contributed by atoms with Crippen LogP contribution in [-0.4, -0.2) is 26.0 Å². The third kappa shape index (κ3) is 4.92. The lowest BCUT2D eigenvalue weighted by Crippen LogP contribution is -2.29. The Morgan fingerprint density at radius 1 is 1.00 bits per heavy atom. The molecule has 7 heteroatoms. The number of nitrogens with one attached hydrogen (secondary N) is 2. The van der Waals surface area contributed by atoms with Crippen molar-refractivity contribution in [2.75, 3.05) is 24.9 Å². The maximum atomic E-state index is 12.4. The zero-order valence-electron chi connectivity index (χ0n) is 15.8. The molecule has 0 aliphatic rings. The van der Waals surface area contributed by atoms with Crippen LogP contribution in [0.15, 0.2) is 36.4 Å². The van der Waals surface area contributed by atoms with Crippen molar-refractivity contribution in [1.82, 2.24) is 0 Å². The molecule has 144 valence electrons. The van der Waals surface area contributed by atoms with Crippen LogP contribution in [0.5, 0.6) is 11.5 Å². The first kappa shape index (κ1) is 20.6. The zero-order valence-corrected chi connectivity index (χ0v) is 16.5. The largest absolute Gasteiger partial charge is 0.495 e. The highest BCUT2D eigenvalue weighted by molar-refractivity contribution is 6.44. The highest BCUT2D eigenvalue weighted by Crippen LogP contribution is 2.36. The maximum Gasteiger partial charge on any atom is 0.314 e. The molecule has 2 amide bonds. The first-order valence-corrected chi connectivity index (χ1v) is 8.91. The number of carbonyl (C=O) groups excluding carboxylic acids is 2. The van der Waals surface area contributed by atoms with Gasteiger partial charge in [0.1, 0.15) is 11.5 Å². The fraction of sp³-hybridized carbons (Fsp3) is 0.300. The summed E-state index contributed by atoms with van der Waals surface area (Å²) in [5.74, 6) is -0.666. The molecule has 0 aliphatic carbocycles. The normalized spacial score (nSPS) is 11.4. The molecule has 0 bridgehead atoms. The highest BCUT2D eigenvalue weighted by atomic mass is 35.5. The van der Waals surface area contributed by atoms with Gasteiger partial charge in [-0.3, -0.25) is 9.59 Å². The summed E-state index contributed by atoms with van der Waals surface area (Å²) in [6.07, 6.45) is 0.918. The average molecular weight is 391 g/mol. The van der Waals surface area contributed by atoms with Gasteiger partial charge in [0.05, 0.1) is 24.9 Å². The summed E-state index contributed by atoms with van der Waals surface area (Å²) in [6, 6.07) is 10.4. The van der Waals surface area contributed by atoms with Crippen molar-refractivity contribution in [3.05, 3.63) is 47.0 Å². The summed E-state index contributed by atoms with van der Waals surface area (Å²) in [6.45, 7) is 4.13. The molecule has 0 fully saturated rings. The fourth-order valence-electron chi connectivity index (χ4n) is 2.58. The lowest BCUT2D eigenvalue weighted by molar-refractivity contribution is -0.133. The number of para-hydroxylation sites is 1. The van der Waals surface area contributed by atoms with Crippen molar-refractivity contribution in [2.45, 2.75) is 26.2 Å². The molecule has 2 aromatic carbocycles. The quantitative estimate of drug-likeness (QED) is 0.714. The molecule has 1 unspecified atom stereocenters. The molecule has 0 saturated heterocycles. The predicted octanol–water partition coefficient (Wildman–Crippen LogP) is 4.45. The van der Waals surface area contributed by atoms with E-state index >= 15 is 0 Å². The lowest BCUT2D eigenvalue weighted by atomic mass is 9.97. The first-order valence-electron chi connectivity index (χ1n) is 8.54. The molecule has 0 spiro atoms. The van der Waals surface area contributed by atoms with Gasteiger partial charge < -0.3 is 20.1 Å². The van der Waals surface area contributed by atoms with E-state index in [0.717, 1.165) is 12.0 Å². The standard InChI is InChI=1S/C20H23ClN2O4/c1-5-12(2)13-8-6-7-9-15(13)22-19(24)20(25)23-16-11-17(26-3)14(21)10-18(16)27-4/h6-12H,5H2,1-4H3,(H,22,24)(H,23,25).